The molecule has 1 fully saturated rings. The van der Waals surface area contributed by atoms with Crippen LogP contribution in [0.5, 0.6) is 0 Å². The summed E-state index contributed by atoms with van der Waals surface area (Å²) in [5.41, 5.74) is 4.57. The van der Waals surface area contributed by atoms with Crippen molar-refractivity contribution >= 4 is 5.97 Å². The minimum atomic E-state index is -0.968. The Hall–Kier alpha value is -0.570. The van der Waals surface area contributed by atoms with Gasteiger partial charge in [0.2, 0.25) is 0 Å². The maximum atomic E-state index is 9.24. The Kier molecular flexibility index (Phi) is 6.18. The molecule has 0 saturated heterocycles. The molecule has 0 amide bonds. The molecule has 1 aliphatic carbocycles. The number of hydrogen-bond donors (Lipinski definition) is 2. The van der Waals surface area contributed by atoms with Crippen LogP contribution in [0.25, 0.3) is 0 Å². The fourth-order valence-electron chi connectivity index (χ4n) is 0.884. The molecule has 0 bridgehead atoms. The molecule has 0 aromatic rings. The second kappa shape index (κ2) is 6.55. The number of carboxylic acids is 1. The summed E-state index contributed by atoms with van der Waals surface area (Å²) in [6.07, 6.45) is 7.50. The van der Waals surface area contributed by atoms with Gasteiger partial charge < -0.3 is 10.8 Å². The molecule has 0 unspecified atom stereocenters. The third-order valence-electron chi connectivity index (χ3n) is 1.42. The normalized spacial score (nSPS) is 15.7. The lowest BCUT2D eigenvalue weighted by Crippen LogP contribution is -2.10. The Balaban J connectivity index is 0.000000162. The van der Waals surface area contributed by atoms with Gasteiger partial charge in [-0.15, -0.1) is 0 Å². The average Bonchev–Trinajstić information content (AvgIpc) is 2.43. The van der Waals surface area contributed by atoms with E-state index in [0.29, 0.717) is 0 Å². The van der Waals surface area contributed by atoms with E-state index in [0.717, 1.165) is 0 Å². The number of nitrogens with two attached hydrogens (primary N) is 1. The van der Waals surface area contributed by atoms with Gasteiger partial charge in [-0.05, 0) is 0 Å². The standard InChI is InChI=1S/C5H10.C2H5NO2/c1-2-4-5-3-1;3-1-2(4)5/h1-5H2;1,3H2,(H,4,5). The van der Waals surface area contributed by atoms with Crippen molar-refractivity contribution in [2.45, 2.75) is 32.1 Å². The first-order chi connectivity index (χ1) is 4.77. The summed E-state index contributed by atoms with van der Waals surface area (Å²) in [6, 6.07) is 0. The van der Waals surface area contributed by atoms with Crippen molar-refractivity contribution in [3.63, 3.8) is 0 Å². The number of hydrogen-bond acceptors (Lipinski definition) is 2. The Morgan fingerprint density at radius 3 is 1.50 bits per heavy atom. The van der Waals surface area contributed by atoms with Gasteiger partial charge in [0.25, 0.3) is 0 Å². The third-order valence-corrected chi connectivity index (χ3v) is 1.42. The second-order valence-corrected chi connectivity index (χ2v) is 2.37. The quantitative estimate of drug-likeness (QED) is 0.578. The predicted octanol–water partition coefficient (Wildman–Crippen LogP) is 0.980. The molecule has 0 atom stereocenters. The summed E-state index contributed by atoms with van der Waals surface area (Å²) < 4.78 is 0. The zero-order valence-electron chi connectivity index (χ0n) is 6.18. The molecule has 0 aliphatic heterocycles. The van der Waals surface area contributed by atoms with E-state index in [1.807, 2.05) is 0 Å². The highest BCUT2D eigenvalue weighted by molar-refractivity contribution is 5.68. The largest absolute Gasteiger partial charge is 0.480 e. The van der Waals surface area contributed by atoms with E-state index < -0.39 is 5.97 Å². The lowest BCUT2D eigenvalue weighted by atomic mass is 10.4. The number of carboxylic acid groups (broad SMARTS) is 1. The molecular formula is C7H15NO2. The van der Waals surface area contributed by atoms with E-state index in [4.69, 9.17) is 5.11 Å². The van der Waals surface area contributed by atoms with Gasteiger partial charge in [-0.3, -0.25) is 4.79 Å². The van der Waals surface area contributed by atoms with Crippen LogP contribution in [0.4, 0.5) is 0 Å². The zero-order chi connectivity index (χ0) is 7.82. The molecule has 3 N–H and O–H groups in total. The van der Waals surface area contributed by atoms with Crippen molar-refractivity contribution in [1.29, 1.82) is 0 Å². The molecular weight excluding hydrogens is 130 g/mol. The molecule has 0 spiro atoms. The van der Waals surface area contributed by atoms with Crippen LogP contribution in [0.1, 0.15) is 32.1 Å². The van der Waals surface area contributed by atoms with E-state index in [-0.39, 0.29) is 6.54 Å². The van der Waals surface area contributed by atoms with Crippen molar-refractivity contribution in [2.24, 2.45) is 5.73 Å². The Labute approximate surface area is 61.2 Å². The summed E-state index contributed by atoms with van der Waals surface area (Å²) in [5, 5.41) is 7.60. The molecule has 0 heterocycles. The molecule has 1 saturated carbocycles. The maximum Gasteiger partial charge on any atom is 0.317 e. The zero-order valence-corrected chi connectivity index (χ0v) is 6.18. The summed E-state index contributed by atoms with van der Waals surface area (Å²) >= 11 is 0. The van der Waals surface area contributed by atoms with Crippen LogP contribution in [0.3, 0.4) is 0 Å². The Morgan fingerprint density at radius 2 is 1.40 bits per heavy atom. The molecule has 0 aromatic heterocycles. The monoisotopic (exact) mass is 145 g/mol. The summed E-state index contributed by atoms with van der Waals surface area (Å²) in [5.74, 6) is -0.968. The van der Waals surface area contributed by atoms with E-state index in [1.54, 1.807) is 0 Å². The van der Waals surface area contributed by atoms with Crippen molar-refractivity contribution in [3.8, 4) is 0 Å². The Bertz CT molecular complexity index is 82.0. The summed E-state index contributed by atoms with van der Waals surface area (Å²) in [7, 11) is 0. The summed E-state index contributed by atoms with van der Waals surface area (Å²) in [6.45, 7) is -0.278. The van der Waals surface area contributed by atoms with Crippen molar-refractivity contribution in [3.05, 3.63) is 0 Å². The van der Waals surface area contributed by atoms with Crippen LogP contribution < -0.4 is 5.73 Å². The van der Waals surface area contributed by atoms with E-state index in [9.17, 15) is 4.79 Å². The molecule has 0 radical (unpaired) electrons. The van der Waals surface area contributed by atoms with Gasteiger partial charge >= 0.3 is 5.97 Å². The molecule has 3 heteroatoms. The van der Waals surface area contributed by atoms with Crippen molar-refractivity contribution in [2.75, 3.05) is 6.54 Å². The number of rotatable bonds is 1. The van der Waals surface area contributed by atoms with Gasteiger partial charge in [-0.25, -0.2) is 0 Å². The molecule has 3 nitrogen and oxygen atoms in total. The van der Waals surface area contributed by atoms with Crippen LogP contribution in [0, 0.1) is 0 Å². The van der Waals surface area contributed by atoms with Crippen LogP contribution in [0.15, 0.2) is 0 Å². The molecule has 60 valence electrons. The van der Waals surface area contributed by atoms with Gasteiger partial charge in [0.05, 0.1) is 6.54 Å². The molecule has 10 heavy (non-hydrogen) atoms. The first-order valence-electron chi connectivity index (χ1n) is 3.69. The number of carbonyl (C=O) groups is 1. The highest BCUT2D eigenvalue weighted by Crippen LogP contribution is 2.15. The van der Waals surface area contributed by atoms with E-state index in [2.05, 4.69) is 5.73 Å². The fourth-order valence-corrected chi connectivity index (χ4v) is 0.884. The van der Waals surface area contributed by atoms with Crippen LogP contribution in [-0.4, -0.2) is 17.6 Å². The van der Waals surface area contributed by atoms with Gasteiger partial charge in [0.1, 0.15) is 0 Å². The second-order valence-electron chi connectivity index (χ2n) is 2.37. The third kappa shape index (κ3) is 7.43. The Morgan fingerprint density at radius 1 is 1.20 bits per heavy atom. The van der Waals surface area contributed by atoms with Crippen molar-refractivity contribution < 1.29 is 9.90 Å². The highest BCUT2D eigenvalue weighted by Gasteiger charge is 1.95. The molecule has 1 aliphatic rings. The first kappa shape index (κ1) is 9.43. The summed E-state index contributed by atoms with van der Waals surface area (Å²) in [4.78, 5) is 9.24. The van der Waals surface area contributed by atoms with Gasteiger partial charge in [-0.2, -0.15) is 0 Å². The van der Waals surface area contributed by atoms with E-state index >= 15 is 0 Å². The minimum Gasteiger partial charge on any atom is -0.480 e. The van der Waals surface area contributed by atoms with Crippen LogP contribution in [0.2, 0.25) is 0 Å². The predicted molar refractivity (Wildman–Crippen MR) is 39.8 cm³/mol. The molecule has 1 rings (SSSR count). The van der Waals surface area contributed by atoms with Gasteiger partial charge in [0, 0.05) is 0 Å². The van der Waals surface area contributed by atoms with E-state index in [1.165, 1.54) is 32.1 Å². The maximum absolute atomic E-state index is 9.24. The average molecular weight is 145 g/mol. The van der Waals surface area contributed by atoms with Crippen molar-refractivity contribution in [1.82, 2.24) is 0 Å². The first-order valence-corrected chi connectivity index (χ1v) is 3.69. The lowest BCUT2D eigenvalue weighted by Gasteiger charge is -1.73. The fraction of sp³-hybridized carbons (Fsp3) is 0.857. The lowest BCUT2D eigenvalue weighted by molar-refractivity contribution is -0.135. The van der Waals surface area contributed by atoms with Gasteiger partial charge in [-0.1, -0.05) is 32.1 Å². The van der Waals surface area contributed by atoms with Crippen LogP contribution in [-0.2, 0) is 4.79 Å². The SMILES string of the molecule is C1CCCC1.NCC(=O)O. The molecule has 0 aromatic carbocycles. The highest BCUT2D eigenvalue weighted by atomic mass is 16.4. The smallest absolute Gasteiger partial charge is 0.317 e. The minimum absolute atomic E-state index is 0.278. The van der Waals surface area contributed by atoms with Crippen LogP contribution >= 0.6 is 0 Å². The topological polar surface area (TPSA) is 63.3 Å². The number of aliphatic carboxylic acids is 1. The van der Waals surface area contributed by atoms with Gasteiger partial charge in [0.15, 0.2) is 0 Å².